The first-order valence-electron chi connectivity index (χ1n) is 10.0. The quantitative estimate of drug-likeness (QED) is 0.593. The van der Waals surface area contributed by atoms with Gasteiger partial charge in [0.1, 0.15) is 5.82 Å². The molecule has 2 heterocycles. The van der Waals surface area contributed by atoms with Gasteiger partial charge in [0.15, 0.2) is 5.96 Å². The molecule has 1 aromatic heterocycles. The van der Waals surface area contributed by atoms with Gasteiger partial charge in [-0.1, -0.05) is 12.1 Å². The average molecular weight is 403 g/mol. The molecule has 7 nitrogen and oxygen atoms in total. The molecule has 0 atom stereocenters. The topological polar surface area (TPSA) is 57.9 Å². The summed E-state index contributed by atoms with van der Waals surface area (Å²) in [5, 5.41) is 8.09. The summed E-state index contributed by atoms with van der Waals surface area (Å²) in [5.74, 6) is 0.696. The summed E-state index contributed by atoms with van der Waals surface area (Å²) in [7, 11) is 3.50. The van der Waals surface area contributed by atoms with Crippen LogP contribution in [0.1, 0.15) is 17.0 Å². The molecular weight excluding hydrogens is 371 g/mol. The molecule has 0 bridgehead atoms. The van der Waals surface area contributed by atoms with Gasteiger partial charge in [-0.2, -0.15) is 5.10 Å². The van der Waals surface area contributed by atoms with Crippen molar-refractivity contribution in [2.75, 3.05) is 51.8 Å². The van der Waals surface area contributed by atoms with E-state index in [2.05, 4.69) is 32.1 Å². The smallest absolute Gasteiger partial charge is 0.194 e. The van der Waals surface area contributed by atoms with Crippen molar-refractivity contribution in [3.8, 4) is 0 Å². The van der Waals surface area contributed by atoms with Gasteiger partial charge in [0.2, 0.25) is 0 Å². The molecule has 158 valence electrons. The largest absolute Gasteiger partial charge is 0.383 e. The lowest BCUT2D eigenvalue weighted by Crippen LogP contribution is -2.52. The van der Waals surface area contributed by atoms with E-state index in [0.29, 0.717) is 18.8 Å². The van der Waals surface area contributed by atoms with Crippen molar-refractivity contribution in [2.24, 2.45) is 4.99 Å². The second-order valence-corrected chi connectivity index (χ2v) is 7.19. The van der Waals surface area contributed by atoms with Crippen molar-refractivity contribution in [1.82, 2.24) is 20.0 Å². The highest BCUT2D eigenvalue weighted by Gasteiger charge is 2.22. The van der Waals surface area contributed by atoms with Gasteiger partial charge in [0, 0.05) is 58.1 Å². The standard InChI is InChI=1S/C21H31FN6O/c1-16-18(17(2)28(25-16)13-14-29-4)15-24-21(23-3)27-11-9-26(10-12-27)20-8-6-5-7-19(20)22/h5-8H,9-15H2,1-4H3,(H,23,24). The first-order chi connectivity index (χ1) is 14.0. The van der Waals surface area contributed by atoms with Gasteiger partial charge in [-0.05, 0) is 26.0 Å². The Morgan fingerprint density at radius 1 is 1.21 bits per heavy atom. The normalized spacial score (nSPS) is 15.1. The van der Waals surface area contributed by atoms with E-state index in [1.807, 2.05) is 23.7 Å². The van der Waals surface area contributed by atoms with Crippen LogP contribution in [0.4, 0.5) is 10.1 Å². The predicted octanol–water partition coefficient (Wildman–Crippen LogP) is 2.18. The maximum Gasteiger partial charge on any atom is 0.194 e. The first-order valence-corrected chi connectivity index (χ1v) is 10.0. The molecule has 0 amide bonds. The predicted molar refractivity (Wildman–Crippen MR) is 114 cm³/mol. The van der Waals surface area contributed by atoms with Crippen molar-refractivity contribution < 1.29 is 9.13 Å². The second-order valence-electron chi connectivity index (χ2n) is 7.19. The Hall–Kier alpha value is -2.61. The van der Waals surface area contributed by atoms with Crippen LogP contribution in [0, 0.1) is 19.7 Å². The van der Waals surface area contributed by atoms with Crippen molar-refractivity contribution in [3.05, 3.63) is 47.0 Å². The number of hydrogen-bond acceptors (Lipinski definition) is 4. The van der Waals surface area contributed by atoms with E-state index in [4.69, 9.17) is 4.74 Å². The molecule has 29 heavy (non-hydrogen) atoms. The Bertz CT molecular complexity index is 842. The SMILES string of the molecule is CN=C(NCc1c(C)nn(CCOC)c1C)N1CCN(c2ccccc2F)CC1. The second kappa shape index (κ2) is 9.73. The first kappa shape index (κ1) is 21.1. The molecule has 1 N–H and O–H groups in total. The number of anilines is 1. The van der Waals surface area contributed by atoms with Crippen LogP contribution in [-0.4, -0.2) is 67.6 Å². The third-order valence-electron chi connectivity index (χ3n) is 5.45. The molecule has 0 unspecified atom stereocenters. The molecule has 1 fully saturated rings. The minimum absolute atomic E-state index is 0.167. The van der Waals surface area contributed by atoms with E-state index in [9.17, 15) is 4.39 Å². The number of piperazine rings is 1. The van der Waals surface area contributed by atoms with Gasteiger partial charge in [0.05, 0.1) is 24.5 Å². The van der Waals surface area contributed by atoms with Gasteiger partial charge in [-0.25, -0.2) is 4.39 Å². The van der Waals surface area contributed by atoms with Gasteiger partial charge in [-0.3, -0.25) is 9.67 Å². The van der Waals surface area contributed by atoms with Gasteiger partial charge in [-0.15, -0.1) is 0 Å². The van der Waals surface area contributed by atoms with Crippen molar-refractivity contribution in [2.45, 2.75) is 26.9 Å². The third-order valence-corrected chi connectivity index (χ3v) is 5.45. The third kappa shape index (κ3) is 4.87. The number of methoxy groups -OCH3 is 1. The fraction of sp³-hybridized carbons (Fsp3) is 0.524. The number of para-hydroxylation sites is 1. The number of guanidine groups is 1. The van der Waals surface area contributed by atoms with Crippen LogP contribution in [-0.2, 0) is 17.8 Å². The van der Waals surface area contributed by atoms with Gasteiger partial charge in [0.25, 0.3) is 0 Å². The van der Waals surface area contributed by atoms with Crippen LogP contribution < -0.4 is 10.2 Å². The molecule has 0 aliphatic carbocycles. The number of benzene rings is 1. The fourth-order valence-corrected chi connectivity index (χ4v) is 3.75. The Morgan fingerprint density at radius 3 is 2.59 bits per heavy atom. The van der Waals surface area contributed by atoms with Gasteiger partial charge >= 0.3 is 0 Å². The van der Waals surface area contributed by atoms with Crippen LogP contribution in [0.25, 0.3) is 0 Å². The van der Waals surface area contributed by atoms with Crippen molar-refractivity contribution >= 4 is 11.6 Å². The summed E-state index contributed by atoms with van der Waals surface area (Å²) in [5.41, 5.74) is 4.02. The van der Waals surface area contributed by atoms with Crippen LogP contribution in [0.3, 0.4) is 0 Å². The minimum Gasteiger partial charge on any atom is -0.383 e. The molecule has 8 heteroatoms. The van der Waals surface area contributed by atoms with E-state index in [0.717, 1.165) is 50.1 Å². The van der Waals surface area contributed by atoms with E-state index in [1.54, 1.807) is 20.2 Å². The van der Waals surface area contributed by atoms with Crippen LogP contribution in [0.2, 0.25) is 0 Å². The minimum atomic E-state index is -0.167. The number of aliphatic imine (C=N–C) groups is 1. The number of hydrogen-bond donors (Lipinski definition) is 1. The Labute approximate surface area is 172 Å². The Morgan fingerprint density at radius 2 is 1.93 bits per heavy atom. The zero-order chi connectivity index (χ0) is 20.8. The zero-order valence-corrected chi connectivity index (χ0v) is 17.8. The average Bonchev–Trinajstić information content (AvgIpc) is 3.01. The lowest BCUT2D eigenvalue weighted by Gasteiger charge is -2.37. The number of rotatable bonds is 6. The summed E-state index contributed by atoms with van der Waals surface area (Å²) in [6, 6.07) is 6.95. The highest BCUT2D eigenvalue weighted by molar-refractivity contribution is 5.80. The summed E-state index contributed by atoms with van der Waals surface area (Å²) in [6.45, 7) is 9.27. The maximum atomic E-state index is 14.1. The lowest BCUT2D eigenvalue weighted by atomic mass is 10.2. The Balaban J connectivity index is 1.58. The van der Waals surface area contributed by atoms with Crippen LogP contribution in [0.15, 0.2) is 29.3 Å². The Kier molecular flexibility index (Phi) is 7.09. The lowest BCUT2D eigenvalue weighted by molar-refractivity contribution is 0.182. The molecule has 1 aliphatic rings. The molecule has 2 aromatic rings. The number of ether oxygens (including phenoxy) is 1. The highest BCUT2D eigenvalue weighted by Crippen LogP contribution is 2.20. The number of nitrogens with one attached hydrogen (secondary N) is 1. The summed E-state index contributed by atoms with van der Waals surface area (Å²) in [6.07, 6.45) is 0. The summed E-state index contributed by atoms with van der Waals surface area (Å²) >= 11 is 0. The number of aryl methyl sites for hydroxylation is 1. The summed E-state index contributed by atoms with van der Waals surface area (Å²) < 4.78 is 21.2. The summed E-state index contributed by atoms with van der Waals surface area (Å²) in [4.78, 5) is 8.76. The highest BCUT2D eigenvalue weighted by atomic mass is 19.1. The molecule has 1 aliphatic heterocycles. The molecular formula is C21H31FN6O. The van der Waals surface area contributed by atoms with Crippen molar-refractivity contribution in [3.63, 3.8) is 0 Å². The molecule has 1 saturated heterocycles. The molecule has 0 radical (unpaired) electrons. The number of halogens is 1. The van der Waals surface area contributed by atoms with E-state index >= 15 is 0 Å². The van der Waals surface area contributed by atoms with E-state index < -0.39 is 0 Å². The monoisotopic (exact) mass is 402 g/mol. The number of aromatic nitrogens is 2. The van der Waals surface area contributed by atoms with Gasteiger partial charge < -0.3 is 19.9 Å². The maximum absolute atomic E-state index is 14.1. The molecule has 1 aromatic carbocycles. The number of nitrogens with zero attached hydrogens (tertiary/aromatic N) is 5. The zero-order valence-electron chi connectivity index (χ0n) is 17.8. The van der Waals surface area contributed by atoms with E-state index in [1.165, 1.54) is 11.6 Å². The van der Waals surface area contributed by atoms with Crippen LogP contribution in [0.5, 0.6) is 0 Å². The molecule has 0 spiro atoms. The molecule has 0 saturated carbocycles. The van der Waals surface area contributed by atoms with Crippen LogP contribution >= 0.6 is 0 Å². The fourth-order valence-electron chi connectivity index (χ4n) is 3.75. The molecule has 3 rings (SSSR count). The van der Waals surface area contributed by atoms with Crippen molar-refractivity contribution in [1.29, 1.82) is 0 Å². The van der Waals surface area contributed by atoms with E-state index in [-0.39, 0.29) is 5.82 Å².